The van der Waals surface area contributed by atoms with Gasteiger partial charge in [0.15, 0.2) is 0 Å². The summed E-state index contributed by atoms with van der Waals surface area (Å²) < 4.78 is 5.28. The highest BCUT2D eigenvalue weighted by molar-refractivity contribution is 5.57. The highest BCUT2D eigenvalue weighted by Crippen LogP contribution is 2.23. The van der Waals surface area contributed by atoms with Crippen molar-refractivity contribution in [3.05, 3.63) is 29.9 Å². The summed E-state index contributed by atoms with van der Waals surface area (Å²) in [4.78, 5) is 8.48. The summed E-state index contributed by atoms with van der Waals surface area (Å²) in [7, 11) is 1.86. The Hall–Kier alpha value is -1.75. The maximum absolute atomic E-state index is 5.28. The van der Waals surface area contributed by atoms with Gasteiger partial charge in [-0.05, 0) is 39.4 Å². The number of aromatic nitrogens is 3. The molecule has 2 heterocycles. The summed E-state index contributed by atoms with van der Waals surface area (Å²) in [6.45, 7) is 5.97. The van der Waals surface area contributed by atoms with Crippen LogP contribution >= 0.6 is 0 Å². The van der Waals surface area contributed by atoms with Gasteiger partial charge in [0.1, 0.15) is 0 Å². The van der Waals surface area contributed by atoms with Crippen LogP contribution < -0.4 is 5.32 Å². The summed E-state index contributed by atoms with van der Waals surface area (Å²) in [5, 5.41) is 7.12. The lowest BCUT2D eigenvalue weighted by Gasteiger charge is -2.17. The molecule has 0 spiro atoms. The van der Waals surface area contributed by atoms with Crippen LogP contribution in [-0.2, 0) is 5.54 Å². The van der Waals surface area contributed by atoms with E-state index in [0.29, 0.717) is 11.7 Å². The fraction of sp³-hybridized carbons (Fsp3) is 0.417. The van der Waals surface area contributed by atoms with Crippen LogP contribution in [0.15, 0.2) is 23.0 Å². The molecule has 0 aliphatic rings. The monoisotopic (exact) mass is 232 g/mol. The first-order valence-corrected chi connectivity index (χ1v) is 5.48. The second-order valence-electron chi connectivity index (χ2n) is 4.49. The quantitative estimate of drug-likeness (QED) is 0.875. The number of nitrogens with zero attached hydrogens (tertiary/aromatic N) is 3. The summed E-state index contributed by atoms with van der Waals surface area (Å²) in [5.41, 5.74) is 1.64. The van der Waals surface area contributed by atoms with Gasteiger partial charge in [-0.2, -0.15) is 4.98 Å². The fourth-order valence-corrected chi connectivity index (χ4v) is 1.39. The van der Waals surface area contributed by atoms with Gasteiger partial charge < -0.3 is 9.84 Å². The van der Waals surface area contributed by atoms with E-state index in [9.17, 15) is 0 Å². The molecular weight excluding hydrogens is 216 g/mol. The van der Waals surface area contributed by atoms with Crippen molar-refractivity contribution < 1.29 is 4.52 Å². The first-order chi connectivity index (χ1) is 8.04. The Morgan fingerprint density at radius 2 is 2.12 bits per heavy atom. The fourth-order valence-electron chi connectivity index (χ4n) is 1.39. The third-order valence-corrected chi connectivity index (χ3v) is 2.87. The molecule has 0 bridgehead atoms. The van der Waals surface area contributed by atoms with Gasteiger partial charge >= 0.3 is 0 Å². The minimum absolute atomic E-state index is 0.332. The first kappa shape index (κ1) is 11.7. The normalized spacial score (nSPS) is 11.8. The van der Waals surface area contributed by atoms with Gasteiger partial charge in [-0.25, -0.2) is 0 Å². The standard InChI is InChI=1S/C12H16N4O/c1-8-5-6-14-7-9(8)10-15-11(17-16-10)12(2,3)13-4/h5-7,13H,1-4H3. The van der Waals surface area contributed by atoms with Crippen molar-refractivity contribution in [1.29, 1.82) is 0 Å². The summed E-state index contributed by atoms with van der Waals surface area (Å²) >= 11 is 0. The lowest BCUT2D eigenvalue weighted by molar-refractivity contribution is 0.281. The van der Waals surface area contributed by atoms with Crippen LogP contribution in [0.3, 0.4) is 0 Å². The van der Waals surface area contributed by atoms with E-state index in [0.717, 1.165) is 11.1 Å². The smallest absolute Gasteiger partial charge is 0.246 e. The zero-order valence-corrected chi connectivity index (χ0v) is 10.5. The molecule has 5 heteroatoms. The van der Waals surface area contributed by atoms with Crippen LogP contribution in [0.1, 0.15) is 25.3 Å². The molecule has 2 rings (SSSR count). The van der Waals surface area contributed by atoms with Crippen molar-refractivity contribution in [2.75, 3.05) is 7.05 Å². The van der Waals surface area contributed by atoms with E-state index in [4.69, 9.17) is 4.52 Å². The van der Waals surface area contributed by atoms with Crippen LogP contribution in [0.25, 0.3) is 11.4 Å². The van der Waals surface area contributed by atoms with Gasteiger partial charge in [0, 0.05) is 18.0 Å². The highest BCUT2D eigenvalue weighted by atomic mass is 16.5. The third kappa shape index (κ3) is 2.19. The molecule has 0 saturated carbocycles. The Bertz CT molecular complexity index is 519. The average Bonchev–Trinajstić information content (AvgIpc) is 2.79. The zero-order valence-electron chi connectivity index (χ0n) is 10.5. The number of hydrogen-bond acceptors (Lipinski definition) is 5. The van der Waals surface area contributed by atoms with Crippen molar-refractivity contribution in [3.63, 3.8) is 0 Å². The molecule has 0 radical (unpaired) electrons. The van der Waals surface area contributed by atoms with E-state index < -0.39 is 0 Å². The van der Waals surface area contributed by atoms with E-state index in [2.05, 4.69) is 20.4 Å². The molecule has 5 nitrogen and oxygen atoms in total. The zero-order chi connectivity index (χ0) is 12.5. The summed E-state index contributed by atoms with van der Waals surface area (Å²) in [6, 6.07) is 1.93. The van der Waals surface area contributed by atoms with Gasteiger partial charge in [0.25, 0.3) is 0 Å². The maximum atomic E-state index is 5.28. The number of hydrogen-bond donors (Lipinski definition) is 1. The molecule has 90 valence electrons. The van der Waals surface area contributed by atoms with E-state index >= 15 is 0 Å². The molecule has 2 aromatic heterocycles. The minimum Gasteiger partial charge on any atom is -0.337 e. The number of pyridine rings is 1. The Balaban J connectivity index is 2.40. The van der Waals surface area contributed by atoms with Crippen LogP contribution in [0, 0.1) is 6.92 Å². The molecule has 2 aromatic rings. The predicted octanol–water partition coefficient (Wildman–Crippen LogP) is 1.89. The van der Waals surface area contributed by atoms with Gasteiger partial charge in [-0.3, -0.25) is 4.98 Å². The van der Waals surface area contributed by atoms with Crippen molar-refractivity contribution in [3.8, 4) is 11.4 Å². The molecule has 1 N–H and O–H groups in total. The summed E-state index contributed by atoms with van der Waals surface area (Å²) in [5.74, 6) is 1.15. The van der Waals surface area contributed by atoms with Crippen molar-refractivity contribution in [1.82, 2.24) is 20.4 Å². The molecule has 0 aliphatic carbocycles. The number of nitrogens with one attached hydrogen (secondary N) is 1. The average molecular weight is 232 g/mol. The second-order valence-corrected chi connectivity index (χ2v) is 4.49. The molecule has 0 aromatic carbocycles. The third-order valence-electron chi connectivity index (χ3n) is 2.87. The Labute approximate surface area is 100 Å². The Kier molecular flexibility index (Phi) is 2.93. The van der Waals surface area contributed by atoms with Gasteiger partial charge in [-0.15, -0.1) is 0 Å². The Morgan fingerprint density at radius 1 is 1.35 bits per heavy atom. The minimum atomic E-state index is -0.332. The molecule has 0 atom stereocenters. The maximum Gasteiger partial charge on any atom is 0.246 e. The number of aryl methyl sites for hydroxylation is 1. The van der Waals surface area contributed by atoms with Crippen molar-refractivity contribution >= 4 is 0 Å². The van der Waals surface area contributed by atoms with Crippen LogP contribution in [0.2, 0.25) is 0 Å². The first-order valence-electron chi connectivity index (χ1n) is 5.48. The predicted molar refractivity (Wildman–Crippen MR) is 64.4 cm³/mol. The Morgan fingerprint density at radius 3 is 2.76 bits per heavy atom. The SMILES string of the molecule is CNC(C)(C)c1nc(-c2cnccc2C)no1. The van der Waals surface area contributed by atoms with E-state index in [1.54, 1.807) is 12.4 Å². The lowest BCUT2D eigenvalue weighted by atomic mass is 10.1. The molecule has 0 saturated heterocycles. The van der Waals surface area contributed by atoms with Crippen molar-refractivity contribution in [2.24, 2.45) is 0 Å². The molecule has 17 heavy (non-hydrogen) atoms. The molecule has 0 fully saturated rings. The lowest BCUT2D eigenvalue weighted by Crippen LogP contribution is -2.33. The van der Waals surface area contributed by atoms with Crippen molar-refractivity contribution in [2.45, 2.75) is 26.3 Å². The molecule has 0 amide bonds. The molecule has 0 aliphatic heterocycles. The number of rotatable bonds is 3. The second kappa shape index (κ2) is 4.25. The van der Waals surface area contributed by atoms with Crippen LogP contribution in [-0.4, -0.2) is 22.2 Å². The summed E-state index contributed by atoms with van der Waals surface area (Å²) in [6.07, 6.45) is 3.49. The van der Waals surface area contributed by atoms with Crippen LogP contribution in [0.4, 0.5) is 0 Å². The largest absolute Gasteiger partial charge is 0.337 e. The van der Waals surface area contributed by atoms with E-state index in [1.165, 1.54) is 0 Å². The topological polar surface area (TPSA) is 63.8 Å². The highest BCUT2D eigenvalue weighted by Gasteiger charge is 2.25. The van der Waals surface area contributed by atoms with Gasteiger partial charge in [0.05, 0.1) is 5.54 Å². The van der Waals surface area contributed by atoms with E-state index in [1.807, 2.05) is 33.9 Å². The van der Waals surface area contributed by atoms with Gasteiger partial charge in [-0.1, -0.05) is 5.16 Å². The molecule has 0 unspecified atom stereocenters. The van der Waals surface area contributed by atoms with E-state index in [-0.39, 0.29) is 5.54 Å². The van der Waals surface area contributed by atoms with Crippen LogP contribution in [0.5, 0.6) is 0 Å². The molecular formula is C12H16N4O. The van der Waals surface area contributed by atoms with Gasteiger partial charge in [0.2, 0.25) is 11.7 Å².